The maximum atomic E-state index is 13.9. The van der Waals surface area contributed by atoms with E-state index in [9.17, 15) is 4.39 Å². The van der Waals surface area contributed by atoms with Crippen LogP contribution in [0.1, 0.15) is 31.9 Å². The van der Waals surface area contributed by atoms with Crippen molar-refractivity contribution in [1.82, 2.24) is 5.32 Å². The van der Waals surface area contributed by atoms with Crippen LogP contribution < -0.4 is 5.32 Å². The van der Waals surface area contributed by atoms with Gasteiger partial charge in [-0.05, 0) is 31.5 Å². The average Bonchev–Trinajstić information content (AvgIpc) is 2.36. The molecule has 1 aromatic rings. The van der Waals surface area contributed by atoms with Crippen molar-refractivity contribution in [3.63, 3.8) is 0 Å². The van der Waals surface area contributed by atoms with Crippen molar-refractivity contribution >= 4 is 11.8 Å². The second kappa shape index (κ2) is 8.51. The van der Waals surface area contributed by atoms with Gasteiger partial charge in [0.05, 0.1) is 0 Å². The molecule has 0 heterocycles. The Balaban J connectivity index is 2.73. The molecule has 1 atom stereocenters. The van der Waals surface area contributed by atoms with Gasteiger partial charge in [-0.2, -0.15) is 0 Å². The number of ether oxygens (including phenoxy) is 1. The Hall–Kier alpha value is -0.580. The molecular weight excluding hydrogens is 249 g/mol. The molecule has 102 valence electrons. The maximum absolute atomic E-state index is 13.9. The number of methoxy groups -OCH3 is 1. The number of nitrogens with one attached hydrogen (secondary N) is 1. The molecule has 0 bridgehead atoms. The van der Waals surface area contributed by atoms with E-state index in [2.05, 4.69) is 19.2 Å². The molecule has 1 N–H and O–H groups in total. The Morgan fingerprint density at radius 2 is 2.22 bits per heavy atom. The fraction of sp³-hybridized carbons (Fsp3) is 0.571. The molecule has 0 fully saturated rings. The minimum Gasteiger partial charge on any atom is -0.385 e. The SMILES string of the molecule is CCNC(C)c1cccc(F)c1SCCCOC. The summed E-state index contributed by atoms with van der Waals surface area (Å²) in [6, 6.07) is 5.48. The predicted molar refractivity (Wildman–Crippen MR) is 75.7 cm³/mol. The zero-order valence-corrected chi connectivity index (χ0v) is 12.1. The Labute approximate surface area is 113 Å². The second-order valence-electron chi connectivity index (χ2n) is 4.13. The largest absolute Gasteiger partial charge is 0.385 e. The lowest BCUT2D eigenvalue weighted by atomic mass is 10.1. The van der Waals surface area contributed by atoms with Crippen molar-refractivity contribution in [3.8, 4) is 0 Å². The van der Waals surface area contributed by atoms with Gasteiger partial charge >= 0.3 is 0 Å². The van der Waals surface area contributed by atoms with E-state index in [-0.39, 0.29) is 11.9 Å². The van der Waals surface area contributed by atoms with Gasteiger partial charge in [0.2, 0.25) is 0 Å². The number of hydrogen-bond acceptors (Lipinski definition) is 3. The molecule has 1 unspecified atom stereocenters. The summed E-state index contributed by atoms with van der Waals surface area (Å²) < 4.78 is 18.9. The molecule has 0 saturated heterocycles. The molecule has 0 aliphatic heterocycles. The lowest BCUT2D eigenvalue weighted by molar-refractivity contribution is 0.200. The molecule has 0 spiro atoms. The highest BCUT2D eigenvalue weighted by atomic mass is 32.2. The number of benzene rings is 1. The van der Waals surface area contributed by atoms with Crippen molar-refractivity contribution in [2.75, 3.05) is 26.0 Å². The molecule has 18 heavy (non-hydrogen) atoms. The van der Waals surface area contributed by atoms with Gasteiger partial charge in [-0.1, -0.05) is 19.1 Å². The van der Waals surface area contributed by atoms with E-state index in [0.717, 1.165) is 35.8 Å². The maximum Gasteiger partial charge on any atom is 0.137 e. The topological polar surface area (TPSA) is 21.3 Å². The van der Waals surface area contributed by atoms with Crippen LogP contribution in [-0.2, 0) is 4.74 Å². The molecule has 0 saturated carbocycles. The molecular formula is C14H22FNOS. The van der Waals surface area contributed by atoms with Crippen LogP contribution in [0.25, 0.3) is 0 Å². The predicted octanol–water partition coefficient (Wildman–Crippen LogP) is 3.62. The third-order valence-electron chi connectivity index (χ3n) is 2.71. The van der Waals surface area contributed by atoms with Gasteiger partial charge in [0, 0.05) is 30.4 Å². The fourth-order valence-corrected chi connectivity index (χ4v) is 2.90. The van der Waals surface area contributed by atoms with Crippen LogP contribution >= 0.6 is 11.8 Å². The summed E-state index contributed by atoms with van der Waals surface area (Å²) in [7, 11) is 1.69. The quantitative estimate of drug-likeness (QED) is 0.576. The first-order valence-electron chi connectivity index (χ1n) is 6.34. The monoisotopic (exact) mass is 271 g/mol. The van der Waals surface area contributed by atoms with Gasteiger partial charge < -0.3 is 10.1 Å². The lowest BCUT2D eigenvalue weighted by Gasteiger charge is -2.17. The zero-order chi connectivity index (χ0) is 13.4. The smallest absolute Gasteiger partial charge is 0.137 e. The van der Waals surface area contributed by atoms with Crippen LogP contribution in [-0.4, -0.2) is 26.0 Å². The molecule has 2 nitrogen and oxygen atoms in total. The summed E-state index contributed by atoms with van der Waals surface area (Å²) in [6.45, 7) is 5.73. The number of hydrogen-bond donors (Lipinski definition) is 1. The van der Waals surface area contributed by atoms with Gasteiger partial charge in [0.25, 0.3) is 0 Å². The number of rotatable bonds is 8. The van der Waals surface area contributed by atoms with Gasteiger partial charge in [0.1, 0.15) is 5.82 Å². The Kier molecular flexibility index (Phi) is 7.32. The third-order valence-corrected chi connectivity index (χ3v) is 3.93. The molecule has 0 aliphatic carbocycles. The van der Waals surface area contributed by atoms with Gasteiger partial charge in [-0.25, -0.2) is 4.39 Å². The standard InChI is InChI=1S/C14H22FNOS/c1-4-16-11(2)12-7-5-8-13(15)14(12)18-10-6-9-17-3/h5,7-8,11,16H,4,6,9-10H2,1-3H3. The van der Waals surface area contributed by atoms with E-state index in [0.29, 0.717) is 0 Å². The Morgan fingerprint density at radius 1 is 1.44 bits per heavy atom. The minimum absolute atomic E-state index is 0.125. The van der Waals surface area contributed by atoms with Crippen LogP contribution in [0, 0.1) is 5.82 Å². The zero-order valence-electron chi connectivity index (χ0n) is 11.3. The lowest BCUT2D eigenvalue weighted by Crippen LogP contribution is -2.18. The van der Waals surface area contributed by atoms with E-state index < -0.39 is 0 Å². The van der Waals surface area contributed by atoms with Crippen molar-refractivity contribution in [2.24, 2.45) is 0 Å². The van der Waals surface area contributed by atoms with Gasteiger partial charge in [-0.3, -0.25) is 0 Å². The molecule has 0 aliphatic rings. The first-order chi connectivity index (χ1) is 8.70. The average molecular weight is 271 g/mol. The summed E-state index contributed by atoms with van der Waals surface area (Å²) >= 11 is 1.57. The van der Waals surface area contributed by atoms with E-state index in [1.807, 2.05) is 6.07 Å². The van der Waals surface area contributed by atoms with Crippen LogP contribution in [0.4, 0.5) is 4.39 Å². The van der Waals surface area contributed by atoms with Crippen LogP contribution in [0.15, 0.2) is 23.1 Å². The molecule has 0 amide bonds. The van der Waals surface area contributed by atoms with Crippen molar-refractivity contribution in [2.45, 2.75) is 31.2 Å². The minimum atomic E-state index is -0.125. The first-order valence-corrected chi connectivity index (χ1v) is 7.32. The number of thioether (sulfide) groups is 1. The molecule has 0 aromatic heterocycles. The van der Waals surface area contributed by atoms with Crippen LogP contribution in [0.5, 0.6) is 0 Å². The van der Waals surface area contributed by atoms with E-state index in [1.165, 1.54) is 6.07 Å². The van der Waals surface area contributed by atoms with E-state index in [1.54, 1.807) is 24.9 Å². The summed E-state index contributed by atoms with van der Waals surface area (Å²) in [5, 5.41) is 3.33. The molecule has 1 aromatic carbocycles. The number of halogens is 1. The van der Waals surface area contributed by atoms with Crippen molar-refractivity contribution < 1.29 is 9.13 Å². The Bertz CT molecular complexity index is 360. The highest BCUT2D eigenvalue weighted by molar-refractivity contribution is 7.99. The third kappa shape index (κ3) is 4.59. The molecule has 1 rings (SSSR count). The van der Waals surface area contributed by atoms with Crippen molar-refractivity contribution in [1.29, 1.82) is 0 Å². The van der Waals surface area contributed by atoms with Crippen LogP contribution in [0.3, 0.4) is 0 Å². The fourth-order valence-electron chi connectivity index (χ4n) is 1.81. The van der Waals surface area contributed by atoms with E-state index in [4.69, 9.17) is 4.74 Å². The second-order valence-corrected chi connectivity index (χ2v) is 5.24. The first kappa shape index (κ1) is 15.5. The van der Waals surface area contributed by atoms with E-state index >= 15 is 0 Å². The highest BCUT2D eigenvalue weighted by Crippen LogP contribution is 2.30. The summed E-state index contributed by atoms with van der Waals surface area (Å²) in [5.41, 5.74) is 1.04. The highest BCUT2D eigenvalue weighted by Gasteiger charge is 2.13. The summed E-state index contributed by atoms with van der Waals surface area (Å²) in [5.74, 6) is 0.750. The van der Waals surface area contributed by atoms with Gasteiger partial charge in [-0.15, -0.1) is 11.8 Å². The molecule has 0 radical (unpaired) electrons. The summed E-state index contributed by atoms with van der Waals surface area (Å²) in [4.78, 5) is 0.766. The van der Waals surface area contributed by atoms with Gasteiger partial charge in [0.15, 0.2) is 0 Å². The van der Waals surface area contributed by atoms with Crippen LogP contribution in [0.2, 0.25) is 0 Å². The molecule has 4 heteroatoms. The Morgan fingerprint density at radius 3 is 2.89 bits per heavy atom. The van der Waals surface area contributed by atoms with Crippen molar-refractivity contribution in [3.05, 3.63) is 29.6 Å². The normalized spacial score (nSPS) is 12.7. The summed E-state index contributed by atoms with van der Waals surface area (Å²) in [6.07, 6.45) is 0.935.